The van der Waals surface area contributed by atoms with Gasteiger partial charge in [-0.3, -0.25) is 4.79 Å². The molecule has 1 aromatic heterocycles. The van der Waals surface area contributed by atoms with E-state index in [0.717, 1.165) is 5.56 Å². The minimum Gasteiger partial charge on any atom is -0.497 e. The summed E-state index contributed by atoms with van der Waals surface area (Å²) >= 11 is 0. The molecule has 4 rings (SSSR count). The number of methoxy groups -OCH3 is 1. The number of nitrogens with zero attached hydrogens (tertiary/aromatic N) is 3. The van der Waals surface area contributed by atoms with Gasteiger partial charge in [-0.2, -0.15) is 4.98 Å². The second-order valence-corrected chi connectivity index (χ2v) is 7.42. The van der Waals surface area contributed by atoms with Crippen molar-refractivity contribution >= 4 is 11.6 Å². The van der Waals surface area contributed by atoms with Crippen LogP contribution in [0.15, 0.2) is 72.8 Å². The highest BCUT2D eigenvalue weighted by Crippen LogP contribution is 2.27. The van der Waals surface area contributed by atoms with Gasteiger partial charge >= 0.3 is 6.01 Å². The predicted molar refractivity (Wildman–Crippen MR) is 130 cm³/mol. The Balaban J connectivity index is 1.64. The standard InChI is InChI=1S/C26H25FN4O4/c1-3-34-14-15-35-26-29-24(19-6-4-9-23(16-19)33-2)31(30-26)22-8-5-7-21(17-22)28-25(32)18-10-12-20(27)13-11-18/h4-13,16-17H,3,14-15H2,1-2H3,(H,28,32). The number of nitrogens with one attached hydrogen (secondary N) is 1. The lowest BCUT2D eigenvalue weighted by Gasteiger charge is -2.10. The van der Waals surface area contributed by atoms with Gasteiger partial charge in [-0.1, -0.05) is 18.2 Å². The van der Waals surface area contributed by atoms with Crippen molar-refractivity contribution < 1.29 is 23.4 Å². The molecule has 4 aromatic rings. The van der Waals surface area contributed by atoms with Gasteiger partial charge in [0.25, 0.3) is 5.91 Å². The van der Waals surface area contributed by atoms with Crippen molar-refractivity contribution in [2.24, 2.45) is 0 Å². The number of hydrogen-bond donors (Lipinski definition) is 1. The van der Waals surface area contributed by atoms with Crippen LogP contribution in [0.3, 0.4) is 0 Å². The van der Waals surface area contributed by atoms with E-state index < -0.39 is 5.82 Å². The van der Waals surface area contributed by atoms with Crippen molar-refractivity contribution in [2.45, 2.75) is 6.92 Å². The number of ether oxygens (including phenoxy) is 3. The summed E-state index contributed by atoms with van der Waals surface area (Å²) in [7, 11) is 1.60. The number of halogens is 1. The summed E-state index contributed by atoms with van der Waals surface area (Å²) in [4.78, 5) is 17.2. The highest BCUT2D eigenvalue weighted by atomic mass is 19.1. The highest BCUT2D eigenvalue weighted by Gasteiger charge is 2.16. The minimum atomic E-state index is -0.404. The van der Waals surface area contributed by atoms with Crippen molar-refractivity contribution in [3.8, 4) is 28.8 Å². The summed E-state index contributed by atoms with van der Waals surface area (Å²) < 4.78 is 31.2. The first kappa shape index (κ1) is 23.9. The van der Waals surface area contributed by atoms with Gasteiger partial charge in [-0.25, -0.2) is 9.07 Å². The molecular weight excluding hydrogens is 451 g/mol. The van der Waals surface area contributed by atoms with Crippen LogP contribution in [-0.2, 0) is 4.74 Å². The van der Waals surface area contributed by atoms with Crippen LogP contribution in [0.25, 0.3) is 17.1 Å². The van der Waals surface area contributed by atoms with Crippen LogP contribution in [-0.4, -0.2) is 47.6 Å². The molecule has 35 heavy (non-hydrogen) atoms. The van der Waals surface area contributed by atoms with Gasteiger partial charge in [0, 0.05) is 23.4 Å². The quantitative estimate of drug-likeness (QED) is 0.333. The number of carbonyl (C=O) groups is 1. The lowest BCUT2D eigenvalue weighted by atomic mass is 10.2. The van der Waals surface area contributed by atoms with Crippen molar-refractivity contribution in [3.05, 3.63) is 84.2 Å². The first-order chi connectivity index (χ1) is 17.1. The number of anilines is 1. The van der Waals surface area contributed by atoms with Gasteiger partial charge in [0.15, 0.2) is 5.82 Å². The second kappa shape index (κ2) is 11.3. The van der Waals surface area contributed by atoms with Crippen molar-refractivity contribution in [1.82, 2.24) is 14.8 Å². The summed E-state index contributed by atoms with van der Waals surface area (Å²) in [5.74, 6) is 0.460. The molecule has 0 saturated carbocycles. The normalized spacial score (nSPS) is 10.7. The Morgan fingerprint density at radius 1 is 1.03 bits per heavy atom. The maximum absolute atomic E-state index is 13.2. The number of rotatable bonds is 10. The number of benzene rings is 3. The maximum atomic E-state index is 13.2. The Morgan fingerprint density at radius 2 is 1.83 bits per heavy atom. The third-order valence-corrected chi connectivity index (χ3v) is 5.03. The number of carbonyl (C=O) groups excluding carboxylic acids is 1. The van der Waals surface area contributed by atoms with Crippen LogP contribution in [0, 0.1) is 5.82 Å². The first-order valence-corrected chi connectivity index (χ1v) is 11.1. The minimum absolute atomic E-state index is 0.197. The van der Waals surface area contributed by atoms with Crippen molar-refractivity contribution in [2.75, 3.05) is 32.2 Å². The van der Waals surface area contributed by atoms with Crippen LogP contribution < -0.4 is 14.8 Å². The Bertz CT molecular complexity index is 1290. The molecule has 1 amide bonds. The first-order valence-electron chi connectivity index (χ1n) is 11.1. The van der Waals surface area contributed by atoms with E-state index in [4.69, 9.17) is 14.2 Å². The third kappa shape index (κ3) is 6.01. The zero-order valence-electron chi connectivity index (χ0n) is 19.4. The molecule has 3 aromatic carbocycles. The van der Waals surface area contributed by atoms with E-state index in [2.05, 4.69) is 15.4 Å². The average Bonchev–Trinajstić information content (AvgIpc) is 3.31. The fourth-order valence-electron chi connectivity index (χ4n) is 3.34. The lowest BCUT2D eigenvalue weighted by Crippen LogP contribution is -2.12. The zero-order valence-corrected chi connectivity index (χ0v) is 19.4. The van der Waals surface area contributed by atoms with Gasteiger partial charge in [0.2, 0.25) is 0 Å². The van der Waals surface area contributed by atoms with Gasteiger partial charge in [0.05, 0.1) is 19.4 Å². The van der Waals surface area contributed by atoms with E-state index in [9.17, 15) is 9.18 Å². The average molecular weight is 477 g/mol. The molecule has 0 spiro atoms. The molecule has 180 valence electrons. The van der Waals surface area contributed by atoms with E-state index in [1.165, 1.54) is 24.3 Å². The lowest BCUT2D eigenvalue weighted by molar-refractivity contribution is 0.102. The smallest absolute Gasteiger partial charge is 0.336 e. The van der Waals surface area contributed by atoms with Gasteiger partial charge in [0.1, 0.15) is 18.2 Å². The van der Waals surface area contributed by atoms with Crippen LogP contribution in [0.1, 0.15) is 17.3 Å². The van der Waals surface area contributed by atoms with Gasteiger partial charge < -0.3 is 19.5 Å². The monoisotopic (exact) mass is 476 g/mol. The molecule has 0 unspecified atom stereocenters. The fourth-order valence-corrected chi connectivity index (χ4v) is 3.34. The Morgan fingerprint density at radius 3 is 2.60 bits per heavy atom. The molecule has 0 atom stereocenters. The van der Waals surface area contributed by atoms with Crippen molar-refractivity contribution in [1.29, 1.82) is 0 Å². The molecule has 0 aliphatic rings. The maximum Gasteiger partial charge on any atom is 0.336 e. The SMILES string of the molecule is CCOCCOc1nc(-c2cccc(OC)c2)n(-c2cccc(NC(=O)c3ccc(F)cc3)c2)n1. The molecule has 1 N–H and O–H groups in total. The zero-order chi connectivity index (χ0) is 24.6. The molecular formula is C26H25FN4O4. The molecule has 0 saturated heterocycles. The summed E-state index contributed by atoms with van der Waals surface area (Å²) in [6, 6.07) is 20.2. The summed E-state index contributed by atoms with van der Waals surface area (Å²) in [5.41, 5.74) is 2.33. The highest BCUT2D eigenvalue weighted by molar-refractivity contribution is 6.04. The van der Waals surface area contributed by atoms with E-state index in [1.54, 1.807) is 30.0 Å². The van der Waals surface area contributed by atoms with E-state index in [0.29, 0.717) is 48.3 Å². The largest absolute Gasteiger partial charge is 0.497 e. The van der Waals surface area contributed by atoms with Crippen LogP contribution in [0.4, 0.5) is 10.1 Å². The van der Waals surface area contributed by atoms with Crippen molar-refractivity contribution in [3.63, 3.8) is 0 Å². The number of amides is 1. The summed E-state index contributed by atoms with van der Waals surface area (Å²) in [6.07, 6.45) is 0. The van der Waals surface area contributed by atoms with E-state index in [1.807, 2.05) is 37.3 Å². The predicted octanol–water partition coefficient (Wildman–Crippen LogP) is 4.75. The molecule has 1 heterocycles. The van der Waals surface area contributed by atoms with Crippen LogP contribution in [0.2, 0.25) is 0 Å². The topological polar surface area (TPSA) is 87.5 Å². The van der Waals surface area contributed by atoms with E-state index >= 15 is 0 Å². The summed E-state index contributed by atoms with van der Waals surface area (Å²) in [6.45, 7) is 3.24. The Kier molecular flexibility index (Phi) is 7.69. The Labute approximate surface area is 202 Å². The number of aromatic nitrogens is 3. The molecule has 8 nitrogen and oxygen atoms in total. The van der Waals surface area contributed by atoms with Crippen LogP contribution >= 0.6 is 0 Å². The second-order valence-electron chi connectivity index (χ2n) is 7.42. The molecule has 0 aliphatic heterocycles. The third-order valence-electron chi connectivity index (χ3n) is 5.03. The fraction of sp³-hybridized carbons (Fsp3) is 0.192. The molecule has 0 bridgehead atoms. The van der Waals surface area contributed by atoms with Gasteiger partial charge in [-0.05, 0) is 61.5 Å². The van der Waals surface area contributed by atoms with E-state index in [-0.39, 0.29) is 11.9 Å². The number of hydrogen-bond acceptors (Lipinski definition) is 6. The molecule has 0 aliphatic carbocycles. The molecule has 0 radical (unpaired) electrons. The molecule has 9 heteroatoms. The summed E-state index contributed by atoms with van der Waals surface area (Å²) in [5, 5.41) is 7.36. The molecule has 0 fully saturated rings. The van der Waals surface area contributed by atoms with Crippen LogP contribution in [0.5, 0.6) is 11.8 Å². The van der Waals surface area contributed by atoms with Gasteiger partial charge in [-0.15, -0.1) is 5.10 Å². The Hall–Kier alpha value is -4.24.